The molecular weight excluding hydrogens is 114 g/mol. The molecule has 1 atom stereocenters. The molecule has 1 N–H and O–H groups in total. The van der Waals surface area contributed by atoms with Gasteiger partial charge in [-0.15, -0.1) is 0 Å². The highest BCUT2D eigenvalue weighted by atomic mass is 16.1. The van der Waals surface area contributed by atoms with Crippen molar-refractivity contribution in [2.24, 2.45) is 5.92 Å². The largest absolute Gasteiger partial charge is 0.359 e. The minimum atomic E-state index is 0.143. The smallest absolute Gasteiger partial charge is 0.220 e. The number of hydrogen-bond acceptors (Lipinski definition) is 1. The van der Waals surface area contributed by atoms with E-state index >= 15 is 0 Å². The Balaban J connectivity index is 3.34. The predicted octanol–water partition coefficient (Wildman–Crippen LogP) is 1.17. The first-order valence-electron chi connectivity index (χ1n) is 3.41. The van der Waals surface area contributed by atoms with Crippen LogP contribution >= 0.6 is 0 Å². The van der Waals surface area contributed by atoms with Crippen LogP contribution in [0.25, 0.3) is 0 Å². The van der Waals surface area contributed by atoms with Gasteiger partial charge in [-0.25, -0.2) is 0 Å². The van der Waals surface area contributed by atoms with E-state index in [1.807, 2.05) is 0 Å². The van der Waals surface area contributed by atoms with Gasteiger partial charge in [0.15, 0.2) is 0 Å². The quantitative estimate of drug-likeness (QED) is 0.609. The molecule has 0 rings (SSSR count). The number of amides is 1. The Kier molecular flexibility index (Phi) is 4.10. The summed E-state index contributed by atoms with van der Waals surface area (Å²) in [5, 5.41) is 2.59. The van der Waals surface area contributed by atoms with Crippen LogP contribution in [-0.2, 0) is 4.79 Å². The molecule has 0 unspecified atom stereocenters. The highest BCUT2D eigenvalue weighted by molar-refractivity contribution is 5.75. The summed E-state index contributed by atoms with van der Waals surface area (Å²) in [6, 6.07) is 0. The summed E-state index contributed by atoms with van der Waals surface area (Å²) in [6.07, 6.45) is 1.74. The fraction of sp³-hybridized carbons (Fsp3) is 0.857. The molecule has 0 bridgehead atoms. The second-order valence-electron chi connectivity index (χ2n) is 2.39. The van der Waals surface area contributed by atoms with Crippen LogP contribution in [0.1, 0.15) is 26.7 Å². The monoisotopic (exact) mass is 129 g/mol. The first kappa shape index (κ1) is 8.47. The van der Waals surface area contributed by atoms with Gasteiger partial charge in [0.1, 0.15) is 0 Å². The lowest BCUT2D eigenvalue weighted by Crippen LogP contribution is -2.19. The molecule has 0 aromatic heterocycles. The van der Waals surface area contributed by atoms with Crippen molar-refractivity contribution < 1.29 is 4.79 Å². The molecule has 0 saturated carbocycles. The first-order valence-corrected chi connectivity index (χ1v) is 3.41. The lowest BCUT2D eigenvalue weighted by Gasteiger charge is -2.04. The van der Waals surface area contributed by atoms with Gasteiger partial charge >= 0.3 is 0 Å². The average molecular weight is 129 g/mol. The zero-order valence-corrected chi connectivity index (χ0v) is 6.40. The minimum Gasteiger partial charge on any atom is -0.359 e. The van der Waals surface area contributed by atoms with Gasteiger partial charge in [0.2, 0.25) is 5.91 Å². The highest BCUT2D eigenvalue weighted by Crippen LogP contribution is 2.04. The zero-order valence-electron chi connectivity index (χ0n) is 6.40. The van der Waals surface area contributed by atoms with Crippen molar-refractivity contribution in [3.63, 3.8) is 0 Å². The van der Waals surface area contributed by atoms with E-state index in [1.165, 1.54) is 0 Å². The van der Waals surface area contributed by atoms with E-state index in [0.717, 1.165) is 6.42 Å². The van der Waals surface area contributed by atoms with Crippen molar-refractivity contribution in [2.75, 3.05) is 7.05 Å². The van der Waals surface area contributed by atoms with Crippen LogP contribution < -0.4 is 5.32 Å². The van der Waals surface area contributed by atoms with Gasteiger partial charge in [-0.3, -0.25) is 4.79 Å². The number of carbonyl (C=O) groups is 1. The Morgan fingerprint density at radius 3 is 2.56 bits per heavy atom. The molecule has 0 aliphatic heterocycles. The third-order valence-electron chi connectivity index (χ3n) is 1.51. The van der Waals surface area contributed by atoms with Gasteiger partial charge in [0.25, 0.3) is 0 Å². The number of carbonyl (C=O) groups excluding carboxylic acids is 1. The molecule has 9 heavy (non-hydrogen) atoms. The lowest BCUT2D eigenvalue weighted by molar-refractivity contribution is -0.121. The van der Waals surface area contributed by atoms with Crippen molar-refractivity contribution >= 4 is 5.91 Å². The second kappa shape index (κ2) is 4.36. The van der Waals surface area contributed by atoms with Crippen LogP contribution in [-0.4, -0.2) is 13.0 Å². The summed E-state index contributed by atoms with van der Waals surface area (Å²) in [5.74, 6) is 0.661. The first-order chi connectivity index (χ1) is 4.20. The maximum absolute atomic E-state index is 10.7. The van der Waals surface area contributed by atoms with Crippen LogP contribution in [0.15, 0.2) is 0 Å². The average Bonchev–Trinajstić information content (AvgIpc) is 1.87. The maximum atomic E-state index is 10.7. The van der Waals surface area contributed by atoms with Gasteiger partial charge in [-0.1, -0.05) is 20.3 Å². The molecule has 0 fully saturated rings. The van der Waals surface area contributed by atoms with Crippen molar-refractivity contribution in [3.05, 3.63) is 0 Å². The summed E-state index contributed by atoms with van der Waals surface area (Å²) in [5.41, 5.74) is 0. The van der Waals surface area contributed by atoms with E-state index in [0.29, 0.717) is 12.3 Å². The molecule has 2 nitrogen and oxygen atoms in total. The van der Waals surface area contributed by atoms with E-state index in [-0.39, 0.29) is 5.91 Å². The second-order valence-corrected chi connectivity index (χ2v) is 2.39. The SMILES string of the molecule is CC[C@H](C)CC(=O)NC. The Morgan fingerprint density at radius 1 is 1.67 bits per heavy atom. The molecular formula is C7H15NO. The van der Waals surface area contributed by atoms with E-state index in [4.69, 9.17) is 0 Å². The molecule has 54 valence electrons. The van der Waals surface area contributed by atoms with Gasteiger partial charge in [-0.05, 0) is 5.92 Å². The molecule has 0 radical (unpaired) electrons. The standard InChI is InChI=1S/C7H15NO/c1-4-6(2)5-7(9)8-3/h6H,4-5H2,1-3H3,(H,8,9)/t6-/m0/s1. The Bertz CT molecular complexity index is 90.9. The fourth-order valence-electron chi connectivity index (χ4n) is 0.563. The number of rotatable bonds is 3. The van der Waals surface area contributed by atoms with E-state index in [2.05, 4.69) is 19.2 Å². The summed E-state index contributed by atoms with van der Waals surface area (Å²) in [6.45, 7) is 4.17. The maximum Gasteiger partial charge on any atom is 0.220 e. The number of hydrogen-bond donors (Lipinski definition) is 1. The van der Waals surface area contributed by atoms with E-state index < -0.39 is 0 Å². The molecule has 0 spiro atoms. The zero-order chi connectivity index (χ0) is 7.28. The van der Waals surface area contributed by atoms with Gasteiger partial charge in [0, 0.05) is 13.5 Å². The molecule has 1 amide bonds. The Hall–Kier alpha value is -0.530. The summed E-state index contributed by atoms with van der Waals surface area (Å²) in [4.78, 5) is 10.7. The van der Waals surface area contributed by atoms with Crippen LogP contribution in [0.3, 0.4) is 0 Å². The van der Waals surface area contributed by atoms with Crippen molar-refractivity contribution in [3.8, 4) is 0 Å². The molecule has 0 aromatic carbocycles. The van der Waals surface area contributed by atoms with E-state index in [9.17, 15) is 4.79 Å². The third kappa shape index (κ3) is 4.01. The van der Waals surface area contributed by atoms with Crippen LogP contribution in [0.2, 0.25) is 0 Å². The third-order valence-corrected chi connectivity index (χ3v) is 1.51. The van der Waals surface area contributed by atoms with Gasteiger partial charge in [0.05, 0.1) is 0 Å². The van der Waals surface area contributed by atoms with E-state index in [1.54, 1.807) is 7.05 Å². The Labute approximate surface area is 56.6 Å². The van der Waals surface area contributed by atoms with Gasteiger partial charge < -0.3 is 5.32 Å². The summed E-state index contributed by atoms with van der Waals surface area (Å²) < 4.78 is 0. The van der Waals surface area contributed by atoms with Crippen LogP contribution in [0.5, 0.6) is 0 Å². The molecule has 2 heteroatoms. The van der Waals surface area contributed by atoms with Crippen LogP contribution in [0.4, 0.5) is 0 Å². The van der Waals surface area contributed by atoms with Crippen LogP contribution in [0, 0.1) is 5.92 Å². The topological polar surface area (TPSA) is 29.1 Å². The summed E-state index contributed by atoms with van der Waals surface area (Å²) >= 11 is 0. The summed E-state index contributed by atoms with van der Waals surface area (Å²) in [7, 11) is 1.67. The number of nitrogens with one attached hydrogen (secondary N) is 1. The van der Waals surface area contributed by atoms with Crippen molar-refractivity contribution in [1.82, 2.24) is 5.32 Å². The molecule has 0 aliphatic rings. The van der Waals surface area contributed by atoms with Crippen molar-refractivity contribution in [1.29, 1.82) is 0 Å². The molecule has 0 aliphatic carbocycles. The predicted molar refractivity (Wildman–Crippen MR) is 38.1 cm³/mol. The fourth-order valence-corrected chi connectivity index (χ4v) is 0.563. The van der Waals surface area contributed by atoms with Gasteiger partial charge in [-0.2, -0.15) is 0 Å². The van der Waals surface area contributed by atoms with Crippen molar-refractivity contribution in [2.45, 2.75) is 26.7 Å². The molecule has 0 saturated heterocycles. The molecule has 0 aromatic rings. The minimum absolute atomic E-state index is 0.143. The molecule has 0 heterocycles. The lowest BCUT2D eigenvalue weighted by atomic mass is 10.1. The Morgan fingerprint density at radius 2 is 2.22 bits per heavy atom. The normalized spacial score (nSPS) is 12.8. The highest BCUT2D eigenvalue weighted by Gasteiger charge is 2.03.